The van der Waals surface area contributed by atoms with Gasteiger partial charge in [0.25, 0.3) is 0 Å². The summed E-state index contributed by atoms with van der Waals surface area (Å²) >= 11 is 1.48. The summed E-state index contributed by atoms with van der Waals surface area (Å²) in [4.78, 5) is 14.5. The predicted molar refractivity (Wildman–Crippen MR) is 102 cm³/mol. The minimum Gasteiger partial charge on any atom is -0.342 e. The highest BCUT2D eigenvalue weighted by Gasteiger charge is 2.17. The largest absolute Gasteiger partial charge is 0.342 e. The average Bonchev–Trinajstić information content (AvgIpc) is 2.93. The molecule has 0 radical (unpaired) electrons. The van der Waals surface area contributed by atoms with E-state index < -0.39 is 0 Å². The third-order valence-electron chi connectivity index (χ3n) is 4.64. The Hall–Kier alpha value is -1.82. The van der Waals surface area contributed by atoms with E-state index in [4.69, 9.17) is 0 Å². The maximum atomic E-state index is 12.5. The molecule has 1 aromatic carbocycles. The molecule has 6 heteroatoms. The van der Waals surface area contributed by atoms with E-state index in [1.165, 1.54) is 36.6 Å². The van der Waals surface area contributed by atoms with Crippen molar-refractivity contribution in [3.8, 4) is 11.4 Å². The fraction of sp³-hybridized carbons (Fsp3) is 0.526. The zero-order chi connectivity index (χ0) is 17.6. The minimum absolute atomic E-state index is 0.215. The van der Waals surface area contributed by atoms with Crippen LogP contribution >= 0.6 is 11.8 Å². The second-order valence-electron chi connectivity index (χ2n) is 6.67. The topological polar surface area (TPSA) is 51.0 Å². The molecule has 0 atom stereocenters. The molecule has 2 aromatic rings. The van der Waals surface area contributed by atoms with Crippen LogP contribution in [0.15, 0.2) is 29.4 Å². The van der Waals surface area contributed by atoms with E-state index in [0.29, 0.717) is 5.75 Å². The van der Waals surface area contributed by atoms with Gasteiger partial charge in [-0.2, -0.15) is 0 Å². The molecular formula is C19H26N4OS. The molecule has 1 amide bonds. The van der Waals surface area contributed by atoms with Crippen molar-refractivity contribution in [3.05, 3.63) is 29.8 Å². The molecule has 5 nitrogen and oxygen atoms in total. The Morgan fingerprint density at radius 3 is 2.56 bits per heavy atom. The van der Waals surface area contributed by atoms with Crippen molar-refractivity contribution in [1.82, 2.24) is 19.7 Å². The molecule has 0 bridgehead atoms. The second kappa shape index (κ2) is 8.52. The molecule has 1 saturated heterocycles. The zero-order valence-electron chi connectivity index (χ0n) is 15.1. The molecule has 134 valence electrons. The highest BCUT2D eigenvalue weighted by molar-refractivity contribution is 7.99. The van der Waals surface area contributed by atoms with Gasteiger partial charge in [0.05, 0.1) is 5.75 Å². The van der Waals surface area contributed by atoms with Gasteiger partial charge in [-0.3, -0.25) is 4.79 Å². The van der Waals surface area contributed by atoms with E-state index in [-0.39, 0.29) is 5.91 Å². The molecule has 0 spiro atoms. The number of likely N-dealkylation sites (tertiary alicyclic amines) is 1. The van der Waals surface area contributed by atoms with Crippen LogP contribution in [0.2, 0.25) is 0 Å². The van der Waals surface area contributed by atoms with Crippen LogP contribution in [0, 0.1) is 6.92 Å². The summed E-state index contributed by atoms with van der Waals surface area (Å²) in [5.74, 6) is 1.48. The summed E-state index contributed by atoms with van der Waals surface area (Å²) in [6.07, 6.45) is 6.02. The number of nitrogens with zero attached hydrogens (tertiary/aromatic N) is 4. The van der Waals surface area contributed by atoms with Crippen LogP contribution in [-0.2, 0) is 11.8 Å². The molecule has 1 aliphatic rings. The molecule has 0 saturated carbocycles. The van der Waals surface area contributed by atoms with Crippen molar-refractivity contribution in [2.75, 3.05) is 18.8 Å². The van der Waals surface area contributed by atoms with Crippen LogP contribution in [-0.4, -0.2) is 44.4 Å². The van der Waals surface area contributed by atoms with E-state index in [1.807, 2.05) is 28.6 Å². The minimum atomic E-state index is 0.215. The number of amides is 1. The number of carbonyl (C=O) groups is 1. The summed E-state index contributed by atoms with van der Waals surface area (Å²) in [5.41, 5.74) is 2.25. The Kier molecular flexibility index (Phi) is 6.13. The third-order valence-corrected chi connectivity index (χ3v) is 5.65. The first-order chi connectivity index (χ1) is 12.1. The van der Waals surface area contributed by atoms with Gasteiger partial charge in [0.2, 0.25) is 5.91 Å². The third kappa shape index (κ3) is 4.63. The molecular weight excluding hydrogens is 332 g/mol. The normalized spacial score (nSPS) is 15.7. The Bertz CT molecular complexity index is 720. The molecule has 3 rings (SSSR count). The molecule has 0 N–H and O–H groups in total. The Morgan fingerprint density at radius 1 is 1.12 bits per heavy atom. The number of rotatable bonds is 4. The highest BCUT2D eigenvalue weighted by Crippen LogP contribution is 2.23. The lowest BCUT2D eigenvalue weighted by atomic mass is 10.1. The maximum Gasteiger partial charge on any atom is 0.233 e. The number of hydrogen-bond donors (Lipinski definition) is 0. The smallest absolute Gasteiger partial charge is 0.233 e. The van der Waals surface area contributed by atoms with E-state index in [0.717, 1.165) is 42.5 Å². The fourth-order valence-electron chi connectivity index (χ4n) is 3.19. The highest BCUT2D eigenvalue weighted by atomic mass is 32.2. The number of aryl methyl sites for hydroxylation is 1. The van der Waals surface area contributed by atoms with Gasteiger partial charge in [0, 0.05) is 25.7 Å². The SMILES string of the molecule is Cc1cccc(-c2nnc(SCC(=O)N3CCCCCCC3)n2C)c1. The summed E-state index contributed by atoms with van der Waals surface area (Å²) in [6.45, 7) is 3.86. The maximum absolute atomic E-state index is 12.5. The lowest BCUT2D eigenvalue weighted by Gasteiger charge is -2.24. The van der Waals surface area contributed by atoms with Crippen LogP contribution in [0.5, 0.6) is 0 Å². The van der Waals surface area contributed by atoms with Crippen LogP contribution in [0.4, 0.5) is 0 Å². The summed E-state index contributed by atoms with van der Waals surface area (Å²) < 4.78 is 1.97. The summed E-state index contributed by atoms with van der Waals surface area (Å²) in [6, 6.07) is 8.23. The van der Waals surface area contributed by atoms with Gasteiger partial charge >= 0.3 is 0 Å². The zero-order valence-corrected chi connectivity index (χ0v) is 15.9. The van der Waals surface area contributed by atoms with Crippen molar-refractivity contribution in [2.24, 2.45) is 7.05 Å². The molecule has 0 unspecified atom stereocenters. The number of hydrogen-bond acceptors (Lipinski definition) is 4. The van der Waals surface area contributed by atoms with Crippen LogP contribution < -0.4 is 0 Å². The molecule has 2 heterocycles. The average molecular weight is 359 g/mol. The predicted octanol–water partition coefficient (Wildman–Crippen LogP) is 3.68. The Balaban J connectivity index is 1.62. The first-order valence-corrected chi connectivity index (χ1v) is 10.0. The quantitative estimate of drug-likeness (QED) is 0.783. The summed E-state index contributed by atoms with van der Waals surface area (Å²) in [5, 5.41) is 9.38. The number of benzene rings is 1. The van der Waals surface area contributed by atoms with Gasteiger partial charge < -0.3 is 9.47 Å². The molecule has 1 aliphatic heterocycles. The van der Waals surface area contributed by atoms with Crippen LogP contribution in [0.25, 0.3) is 11.4 Å². The van der Waals surface area contributed by atoms with Crippen molar-refractivity contribution in [3.63, 3.8) is 0 Å². The van der Waals surface area contributed by atoms with Gasteiger partial charge in [-0.25, -0.2) is 0 Å². The van der Waals surface area contributed by atoms with Gasteiger partial charge in [0.15, 0.2) is 11.0 Å². The fourth-order valence-corrected chi connectivity index (χ4v) is 4.00. The van der Waals surface area contributed by atoms with Crippen LogP contribution in [0.1, 0.15) is 37.7 Å². The van der Waals surface area contributed by atoms with Gasteiger partial charge in [-0.15, -0.1) is 10.2 Å². The van der Waals surface area contributed by atoms with Crippen molar-refractivity contribution < 1.29 is 4.79 Å². The van der Waals surface area contributed by atoms with Crippen molar-refractivity contribution in [1.29, 1.82) is 0 Å². The Morgan fingerprint density at radius 2 is 1.84 bits per heavy atom. The van der Waals surface area contributed by atoms with E-state index in [9.17, 15) is 4.79 Å². The van der Waals surface area contributed by atoms with E-state index >= 15 is 0 Å². The van der Waals surface area contributed by atoms with Gasteiger partial charge in [-0.1, -0.05) is 54.8 Å². The first-order valence-electron chi connectivity index (χ1n) is 9.02. The van der Waals surface area contributed by atoms with E-state index in [1.54, 1.807) is 0 Å². The molecule has 1 aromatic heterocycles. The van der Waals surface area contributed by atoms with Crippen LogP contribution in [0.3, 0.4) is 0 Å². The van der Waals surface area contributed by atoms with Crippen molar-refractivity contribution >= 4 is 17.7 Å². The molecule has 1 fully saturated rings. The first kappa shape index (κ1) is 18.0. The van der Waals surface area contributed by atoms with Gasteiger partial charge in [-0.05, 0) is 25.8 Å². The monoisotopic (exact) mass is 358 g/mol. The lowest BCUT2D eigenvalue weighted by Crippen LogP contribution is -2.35. The number of thioether (sulfide) groups is 1. The summed E-state index contributed by atoms with van der Waals surface area (Å²) in [7, 11) is 1.96. The lowest BCUT2D eigenvalue weighted by molar-refractivity contribution is -0.128. The van der Waals surface area contributed by atoms with Crippen molar-refractivity contribution in [2.45, 2.75) is 44.2 Å². The second-order valence-corrected chi connectivity index (χ2v) is 7.61. The number of carbonyl (C=O) groups excluding carboxylic acids is 1. The number of aromatic nitrogens is 3. The molecule has 0 aliphatic carbocycles. The van der Waals surface area contributed by atoms with E-state index in [2.05, 4.69) is 29.3 Å². The Labute approximate surface area is 153 Å². The standard InChI is InChI=1S/C19H26N4OS/c1-15-9-8-10-16(13-15)18-20-21-19(22(18)2)25-14-17(24)23-11-6-4-3-5-7-12-23/h8-10,13H,3-7,11-12,14H2,1-2H3. The molecule has 25 heavy (non-hydrogen) atoms. The van der Waals surface area contributed by atoms with Gasteiger partial charge in [0.1, 0.15) is 0 Å².